The summed E-state index contributed by atoms with van der Waals surface area (Å²) in [5.74, 6) is -0.0565. The minimum atomic E-state index is -0.503. The summed E-state index contributed by atoms with van der Waals surface area (Å²) in [6.45, 7) is 3.92. The maximum Gasteiger partial charge on any atom is 0.217 e. The lowest BCUT2D eigenvalue weighted by molar-refractivity contribution is -0.253. The minimum absolute atomic E-state index is 0.0164. The van der Waals surface area contributed by atoms with Crippen molar-refractivity contribution in [3.8, 4) is 0 Å². The molecule has 2 aliphatic heterocycles. The Bertz CT molecular complexity index is 902. The summed E-state index contributed by atoms with van der Waals surface area (Å²) in [4.78, 5) is 13.5. The van der Waals surface area contributed by atoms with Gasteiger partial charge in [0.15, 0.2) is 6.29 Å². The molecule has 2 aliphatic rings. The van der Waals surface area contributed by atoms with Crippen LogP contribution in [0, 0.1) is 0 Å². The van der Waals surface area contributed by atoms with Gasteiger partial charge in [0.05, 0.1) is 25.4 Å². The fourth-order valence-corrected chi connectivity index (χ4v) is 4.66. The Morgan fingerprint density at radius 2 is 1.73 bits per heavy atom. The van der Waals surface area contributed by atoms with Gasteiger partial charge in [-0.2, -0.15) is 0 Å². The van der Waals surface area contributed by atoms with Crippen molar-refractivity contribution in [2.24, 2.45) is 0 Å². The number of hydrogen-bond acceptors (Lipinski definition) is 6. The summed E-state index contributed by atoms with van der Waals surface area (Å²) in [7, 11) is 0. The Balaban J connectivity index is 1.51. The second-order valence-corrected chi connectivity index (χ2v) is 8.98. The van der Waals surface area contributed by atoms with Crippen LogP contribution < -0.4 is 5.32 Å². The second-order valence-electron chi connectivity index (χ2n) is 8.98. The third kappa shape index (κ3) is 6.19. The van der Waals surface area contributed by atoms with Crippen LogP contribution in [0.25, 0.3) is 0 Å². The van der Waals surface area contributed by atoms with Gasteiger partial charge in [0, 0.05) is 38.0 Å². The Morgan fingerprint density at radius 1 is 1.03 bits per heavy atom. The number of aliphatic hydroxyl groups excluding tert-OH is 2. The van der Waals surface area contributed by atoms with Crippen molar-refractivity contribution in [3.63, 3.8) is 0 Å². The highest BCUT2D eigenvalue weighted by molar-refractivity contribution is 5.72. The van der Waals surface area contributed by atoms with E-state index in [1.54, 1.807) is 0 Å². The van der Waals surface area contributed by atoms with Crippen molar-refractivity contribution in [3.05, 3.63) is 70.8 Å². The first-order chi connectivity index (χ1) is 16.1. The van der Waals surface area contributed by atoms with Gasteiger partial charge in [-0.3, -0.25) is 9.69 Å². The van der Waals surface area contributed by atoms with Gasteiger partial charge in [0.25, 0.3) is 0 Å². The molecule has 1 amide bonds. The van der Waals surface area contributed by atoms with Gasteiger partial charge in [-0.15, -0.1) is 0 Å². The summed E-state index contributed by atoms with van der Waals surface area (Å²) in [5.41, 5.74) is 3.88. The smallest absolute Gasteiger partial charge is 0.217 e. The normalized spacial score (nSPS) is 25.8. The molecule has 2 fully saturated rings. The lowest BCUT2D eigenvalue weighted by atomic mass is 9.99. The molecule has 2 aromatic rings. The molecule has 4 atom stereocenters. The molecule has 0 saturated carbocycles. The van der Waals surface area contributed by atoms with E-state index in [1.165, 1.54) is 6.92 Å². The van der Waals surface area contributed by atoms with Crippen LogP contribution in [0.1, 0.15) is 60.8 Å². The van der Waals surface area contributed by atoms with Crippen LogP contribution in [0.4, 0.5) is 0 Å². The molecule has 2 aromatic carbocycles. The lowest BCUT2D eigenvalue weighted by Crippen LogP contribution is -2.42. The zero-order valence-corrected chi connectivity index (χ0v) is 19.2. The number of likely N-dealkylation sites (tertiary alicyclic amines) is 1. The number of hydrogen-bond donors (Lipinski definition) is 3. The molecule has 0 radical (unpaired) electrons. The number of carbonyl (C=O) groups is 1. The number of nitrogens with one attached hydrogen (secondary N) is 1. The van der Waals surface area contributed by atoms with E-state index in [9.17, 15) is 15.0 Å². The molecule has 4 rings (SSSR count). The van der Waals surface area contributed by atoms with Crippen LogP contribution in [-0.2, 0) is 27.4 Å². The van der Waals surface area contributed by atoms with E-state index < -0.39 is 6.29 Å². The molecule has 4 unspecified atom stereocenters. The summed E-state index contributed by atoms with van der Waals surface area (Å²) in [6.07, 6.45) is 2.18. The van der Waals surface area contributed by atoms with E-state index >= 15 is 0 Å². The molecule has 2 heterocycles. The van der Waals surface area contributed by atoms with E-state index in [1.807, 2.05) is 48.5 Å². The largest absolute Gasteiger partial charge is 0.395 e. The Kier molecular flexibility index (Phi) is 8.11. The van der Waals surface area contributed by atoms with E-state index in [2.05, 4.69) is 10.2 Å². The third-order valence-corrected chi connectivity index (χ3v) is 6.56. The molecule has 0 spiro atoms. The van der Waals surface area contributed by atoms with E-state index in [4.69, 9.17) is 9.47 Å². The van der Waals surface area contributed by atoms with Gasteiger partial charge < -0.3 is 25.0 Å². The van der Waals surface area contributed by atoms with E-state index in [-0.39, 0.29) is 37.4 Å². The molecule has 33 heavy (non-hydrogen) atoms. The van der Waals surface area contributed by atoms with Crippen LogP contribution in [0.2, 0.25) is 0 Å². The van der Waals surface area contributed by atoms with E-state index in [0.717, 1.165) is 54.6 Å². The highest BCUT2D eigenvalue weighted by atomic mass is 16.7. The number of ether oxygens (including phenoxy) is 2. The van der Waals surface area contributed by atoms with Crippen molar-refractivity contribution in [1.29, 1.82) is 0 Å². The Labute approximate surface area is 195 Å². The third-order valence-electron chi connectivity index (χ3n) is 6.56. The molecule has 0 bridgehead atoms. The Morgan fingerprint density at radius 3 is 2.39 bits per heavy atom. The second kappa shape index (κ2) is 11.2. The number of nitrogens with zero attached hydrogens (tertiary/aromatic N) is 1. The van der Waals surface area contributed by atoms with Gasteiger partial charge in [-0.1, -0.05) is 48.5 Å². The average molecular weight is 455 g/mol. The molecule has 7 heteroatoms. The lowest BCUT2D eigenvalue weighted by Gasteiger charge is -2.38. The van der Waals surface area contributed by atoms with Crippen LogP contribution >= 0.6 is 0 Å². The molecule has 0 aliphatic carbocycles. The number of carbonyl (C=O) groups excluding carboxylic acids is 1. The summed E-state index contributed by atoms with van der Waals surface area (Å²) >= 11 is 0. The maximum absolute atomic E-state index is 11.2. The van der Waals surface area contributed by atoms with Gasteiger partial charge in [-0.25, -0.2) is 0 Å². The number of benzene rings is 2. The highest BCUT2D eigenvalue weighted by Gasteiger charge is 2.35. The molecule has 7 nitrogen and oxygen atoms in total. The first kappa shape index (κ1) is 23.9. The van der Waals surface area contributed by atoms with Gasteiger partial charge in [0.2, 0.25) is 5.91 Å². The van der Waals surface area contributed by atoms with Crippen molar-refractivity contribution in [2.45, 2.75) is 63.9 Å². The van der Waals surface area contributed by atoms with Crippen LogP contribution in [-0.4, -0.2) is 52.9 Å². The van der Waals surface area contributed by atoms with Gasteiger partial charge in [-0.05, 0) is 36.1 Å². The molecule has 0 aromatic heterocycles. The molecular formula is C26H34N2O5. The summed E-state index contributed by atoms with van der Waals surface area (Å²) in [6, 6.07) is 16.0. The molecule has 3 N–H and O–H groups in total. The monoisotopic (exact) mass is 454 g/mol. The predicted octanol–water partition coefficient (Wildman–Crippen LogP) is 2.82. The van der Waals surface area contributed by atoms with Crippen molar-refractivity contribution in [2.75, 3.05) is 19.7 Å². The predicted molar refractivity (Wildman–Crippen MR) is 124 cm³/mol. The van der Waals surface area contributed by atoms with Gasteiger partial charge >= 0.3 is 0 Å². The average Bonchev–Trinajstić information content (AvgIpc) is 3.30. The SMILES string of the molecule is CC(=O)NCc1ccc(C2OC(CN3CCCC3CO)CC(c3ccc(CO)cc3)O2)cc1. The first-order valence-electron chi connectivity index (χ1n) is 11.7. The topological polar surface area (TPSA) is 91.3 Å². The number of amides is 1. The fourth-order valence-electron chi connectivity index (χ4n) is 4.66. The van der Waals surface area contributed by atoms with Crippen LogP contribution in [0.15, 0.2) is 48.5 Å². The Hall–Kier alpha value is -2.29. The van der Waals surface area contributed by atoms with Crippen molar-refractivity contribution in [1.82, 2.24) is 10.2 Å². The molecule has 178 valence electrons. The summed E-state index contributed by atoms with van der Waals surface area (Å²) < 4.78 is 12.8. The van der Waals surface area contributed by atoms with Crippen LogP contribution in [0.5, 0.6) is 0 Å². The fraction of sp³-hybridized carbons (Fsp3) is 0.500. The first-order valence-corrected chi connectivity index (χ1v) is 11.7. The maximum atomic E-state index is 11.2. The van der Waals surface area contributed by atoms with E-state index in [0.29, 0.717) is 6.54 Å². The quantitative estimate of drug-likeness (QED) is 0.568. The highest BCUT2D eigenvalue weighted by Crippen LogP contribution is 2.38. The van der Waals surface area contributed by atoms with Crippen molar-refractivity contribution < 1.29 is 24.5 Å². The minimum Gasteiger partial charge on any atom is -0.395 e. The zero-order valence-electron chi connectivity index (χ0n) is 19.2. The zero-order chi connectivity index (χ0) is 23.2. The standard InChI is InChI=1S/C26H34N2O5/c1-18(31)27-14-19-4-10-22(11-5-19)26-32-24(15-28-12-2-3-23(28)17-30)13-25(33-26)21-8-6-20(16-29)7-9-21/h4-11,23-26,29-30H,2-3,12-17H2,1H3,(H,27,31). The number of aliphatic hydroxyl groups is 2. The van der Waals surface area contributed by atoms with Crippen molar-refractivity contribution >= 4 is 5.91 Å². The van der Waals surface area contributed by atoms with Crippen LogP contribution in [0.3, 0.4) is 0 Å². The number of rotatable bonds is 8. The van der Waals surface area contributed by atoms with Gasteiger partial charge in [0.1, 0.15) is 0 Å². The molecular weight excluding hydrogens is 420 g/mol. The summed E-state index contributed by atoms with van der Waals surface area (Å²) in [5, 5.41) is 21.9. The molecule has 2 saturated heterocycles.